The van der Waals surface area contributed by atoms with Crippen LogP contribution in [0.25, 0.3) is 0 Å². The number of rotatable bonds is 4. The zero-order valence-corrected chi connectivity index (χ0v) is 10.7. The maximum atomic E-state index is 12.1. The van der Waals surface area contributed by atoms with Crippen molar-refractivity contribution in [3.05, 3.63) is 35.4 Å². The molecule has 0 atom stereocenters. The monoisotopic (exact) mass is 289 g/mol. The molecule has 20 heavy (non-hydrogen) atoms. The van der Waals surface area contributed by atoms with E-state index in [1.165, 1.54) is 31.3 Å². The fourth-order valence-corrected chi connectivity index (χ4v) is 1.49. The molecule has 0 saturated carbocycles. The Morgan fingerprint density at radius 1 is 1.40 bits per heavy atom. The second kappa shape index (κ2) is 6.27. The van der Waals surface area contributed by atoms with Gasteiger partial charge < -0.3 is 15.8 Å². The lowest BCUT2D eigenvalue weighted by molar-refractivity contribution is -0.136. The molecule has 5 nitrogen and oxygen atoms in total. The van der Waals surface area contributed by atoms with Crippen LogP contribution in [0, 0.1) is 0 Å². The lowest BCUT2D eigenvalue weighted by Gasteiger charge is -2.18. The van der Waals surface area contributed by atoms with Crippen molar-refractivity contribution in [2.45, 2.75) is 12.6 Å². The fraction of sp³-hybridized carbons (Fsp3) is 0.333. The number of benzene rings is 1. The molecule has 0 bridgehead atoms. The number of hydrogen-bond donors (Lipinski definition) is 2. The van der Waals surface area contributed by atoms with Crippen molar-refractivity contribution in [2.75, 3.05) is 13.6 Å². The van der Waals surface area contributed by atoms with Crippen LogP contribution in [0.2, 0.25) is 0 Å². The summed E-state index contributed by atoms with van der Waals surface area (Å²) in [5.74, 6) is -0.751. The molecule has 1 aromatic carbocycles. The molecule has 0 spiro atoms. The van der Waals surface area contributed by atoms with Gasteiger partial charge in [-0.25, -0.2) is 0 Å². The van der Waals surface area contributed by atoms with Crippen LogP contribution < -0.4 is 5.73 Å². The first-order valence-corrected chi connectivity index (χ1v) is 5.65. The number of nitrogens with two attached hydrogens (primary N) is 1. The van der Waals surface area contributed by atoms with E-state index in [1.807, 2.05) is 0 Å². The number of carbonyl (C=O) groups excluding carboxylic acids is 1. The van der Waals surface area contributed by atoms with E-state index in [-0.39, 0.29) is 11.4 Å². The van der Waals surface area contributed by atoms with Crippen LogP contribution in [-0.4, -0.2) is 41.6 Å². The van der Waals surface area contributed by atoms with E-state index in [0.717, 1.165) is 4.90 Å². The molecule has 8 heteroatoms. The number of oxime groups is 1. The zero-order valence-electron chi connectivity index (χ0n) is 10.7. The van der Waals surface area contributed by atoms with Gasteiger partial charge in [-0.05, 0) is 12.1 Å². The van der Waals surface area contributed by atoms with Gasteiger partial charge in [0.1, 0.15) is 0 Å². The Kier molecular flexibility index (Phi) is 4.95. The van der Waals surface area contributed by atoms with Crippen LogP contribution >= 0.6 is 0 Å². The topological polar surface area (TPSA) is 78.9 Å². The van der Waals surface area contributed by atoms with Crippen molar-refractivity contribution >= 4 is 11.7 Å². The number of halogens is 3. The highest BCUT2D eigenvalue weighted by atomic mass is 19.4. The van der Waals surface area contributed by atoms with Gasteiger partial charge in [-0.15, -0.1) is 0 Å². The second-order valence-corrected chi connectivity index (χ2v) is 4.16. The maximum absolute atomic E-state index is 12.1. The molecule has 1 aromatic rings. The molecule has 110 valence electrons. The number of amidine groups is 1. The van der Waals surface area contributed by atoms with Gasteiger partial charge in [0.2, 0.25) is 0 Å². The average Bonchev–Trinajstić information content (AvgIpc) is 2.42. The molecule has 0 aromatic heterocycles. The van der Waals surface area contributed by atoms with Crippen LogP contribution in [0.3, 0.4) is 0 Å². The van der Waals surface area contributed by atoms with Gasteiger partial charge in [-0.2, -0.15) is 13.2 Å². The summed E-state index contributed by atoms with van der Waals surface area (Å²) in [6, 6.07) is 5.81. The molecule has 0 radical (unpaired) electrons. The third kappa shape index (κ3) is 4.45. The summed E-state index contributed by atoms with van der Waals surface area (Å²) in [6.45, 7) is -0.434. The molecule has 0 aliphatic carbocycles. The van der Waals surface area contributed by atoms with Gasteiger partial charge in [-0.3, -0.25) is 4.79 Å². The minimum absolute atomic E-state index is 0.166. The van der Waals surface area contributed by atoms with Gasteiger partial charge in [0, 0.05) is 24.7 Å². The van der Waals surface area contributed by atoms with E-state index in [0.29, 0.717) is 5.56 Å². The Hall–Kier alpha value is -2.25. The summed E-state index contributed by atoms with van der Waals surface area (Å²) in [6.07, 6.45) is -5.39. The Balaban J connectivity index is 2.82. The summed E-state index contributed by atoms with van der Waals surface area (Å²) in [4.78, 5) is 12.9. The number of hydrogen-bond acceptors (Lipinski definition) is 3. The number of nitrogens with zero attached hydrogens (tertiary/aromatic N) is 2. The maximum Gasteiger partial charge on any atom is 0.390 e. The molecule has 0 saturated heterocycles. The van der Waals surface area contributed by atoms with Crippen LogP contribution in [0.1, 0.15) is 22.3 Å². The average molecular weight is 289 g/mol. The van der Waals surface area contributed by atoms with E-state index in [2.05, 4.69) is 5.16 Å². The predicted octanol–water partition coefficient (Wildman–Crippen LogP) is 1.81. The largest absolute Gasteiger partial charge is 0.409 e. The van der Waals surface area contributed by atoms with Gasteiger partial charge >= 0.3 is 6.18 Å². The summed E-state index contributed by atoms with van der Waals surface area (Å²) >= 11 is 0. The van der Waals surface area contributed by atoms with Crippen LogP contribution in [-0.2, 0) is 0 Å². The molecule has 3 N–H and O–H groups in total. The molecule has 1 amide bonds. The van der Waals surface area contributed by atoms with E-state index >= 15 is 0 Å². The first-order valence-electron chi connectivity index (χ1n) is 5.65. The highest BCUT2D eigenvalue weighted by Crippen LogP contribution is 2.20. The second-order valence-electron chi connectivity index (χ2n) is 4.16. The van der Waals surface area contributed by atoms with Gasteiger partial charge in [0.05, 0.1) is 6.42 Å². The summed E-state index contributed by atoms with van der Waals surface area (Å²) in [7, 11) is 1.28. The van der Waals surface area contributed by atoms with Crippen LogP contribution in [0.15, 0.2) is 29.4 Å². The minimum atomic E-state index is -4.32. The number of alkyl halides is 3. The van der Waals surface area contributed by atoms with Crippen molar-refractivity contribution in [1.29, 1.82) is 0 Å². The standard InChI is InChI=1S/C12H14F3N3O2/c1-18(6-5-12(13,14)15)11(19)9-4-2-3-8(7-9)10(16)17-20/h2-4,7,20H,5-6H2,1H3,(H2,16,17). The van der Waals surface area contributed by atoms with Crippen LogP contribution in [0.5, 0.6) is 0 Å². The zero-order chi connectivity index (χ0) is 15.3. The Morgan fingerprint density at radius 2 is 2.00 bits per heavy atom. The molecule has 1 rings (SSSR count). The first-order chi connectivity index (χ1) is 9.24. The molecule has 0 unspecified atom stereocenters. The van der Waals surface area contributed by atoms with E-state index in [1.54, 1.807) is 0 Å². The molecular weight excluding hydrogens is 275 g/mol. The van der Waals surface area contributed by atoms with Crippen molar-refractivity contribution in [3.63, 3.8) is 0 Å². The highest BCUT2D eigenvalue weighted by molar-refractivity contribution is 6.01. The molecule has 0 aliphatic rings. The highest BCUT2D eigenvalue weighted by Gasteiger charge is 2.28. The lowest BCUT2D eigenvalue weighted by Crippen LogP contribution is -2.30. The quantitative estimate of drug-likeness (QED) is 0.384. The van der Waals surface area contributed by atoms with E-state index < -0.39 is 25.0 Å². The summed E-state index contributed by atoms with van der Waals surface area (Å²) in [5, 5.41) is 11.3. The van der Waals surface area contributed by atoms with Gasteiger partial charge in [-0.1, -0.05) is 17.3 Å². The molecule has 0 heterocycles. The summed E-state index contributed by atoms with van der Waals surface area (Å²) < 4.78 is 36.3. The third-order valence-electron chi connectivity index (χ3n) is 2.59. The number of amides is 1. The SMILES string of the molecule is CN(CCC(F)(F)F)C(=O)c1cccc(C(N)=NO)c1. The predicted molar refractivity (Wildman–Crippen MR) is 66.6 cm³/mol. The van der Waals surface area contributed by atoms with Crippen LogP contribution in [0.4, 0.5) is 13.2 Å². The van der Waals surface area contributed by atoms with Crippen molar-refractivity contribution in [1.82, 2.24) is 4.90 Å². The van der Waals surface area contributed by atoms with Crippen molar-refractivity contribution in [3.8, 4) is 0 Å². The minimum Gasteiger partial charge on any atom is -0.409 e. The normalized spacial score (nSPS) is 12.3. The fourth-order valence-electron chi connectivity index (χ4n) is 1.49. The molecule has 0 aliphatic heterocycles. The Labute approximate surface area is 113 Å². The first kappa shape index (κ1) is 15.8. The van der Waals surface area contributed by atoms with Crippen molar-refractivity contribution < 1.29 is 23.2 Å². The van der Waals surface area contributed by atoms with E-state index in [9.17, 15) is 18.0 Å². The van der Waals surface area contributed by atoms with Crippen molar-refractivity contribution in [2.24, 2.45) is 10.9 Å². The third-order valence-corrected chi connectivity index (χ3v) is 2.59. The van der Waals surface area contributed by atoms with E-state index in [4.69, 9.17) is 10.9 Å². The number of carbonyl (C=O) groups is 1. The Morgan fingerprint density at radius 3 is 2.55 bits per heavy atom. The van der Waals surface area contributed by atoms with Gasteiger partial charge in [0.25, 0.3) is 5.91 Å². The molecule has 0 fully saturated rings. The smallest absolute Gasteiger partial charge is 0.390 e. The summed E-state index contributed by atoms with van der Waals surface area (Å²) in [5.41, 5.74) is 5.85. The lowest BCUT2D eigenvalue weighted by atomic mass is 10.1. The molecular formula is C12H14F3N3O2. The van der Waals surface area contributed by atoms with Gasteiger partial charge in [0.15, 0.2) is 5.84 Å². The Bertz CT molecular complexity index is 515.